The van der Waals surface area contributed by atoms with E-state index in [-0.39, 0.29) is 23.3 Å². The smallest absolute Gasteiger partial charge is 0.315 e. The summed E-state index contributed by atoms with van der Waals surface area (Å²) in [5, 5.41) is 5.46. The molecule has 2 N–H and O–H groups in total. The van der Waals surface area contributed by atoms with E-state index in [1.807, 2.05) is 41.5 Å². The molecule has 0 aliphatic rings. The predicted molar refractivity (Wildman–Crippen MR) is 65.3 cm³/mol. The first-order valence-electron chi connectivity index (χ1n) is 5.78. The number of amides is 2. The lowest BCUT2D eigenvalue weighted by Gasteiger charge is -2.30. The molecule has 1 unspecified atom stereocenters. The van der Waals surface area contributed by atoms with Crippen molar-refractivity contribution in [3.63, 3.8) is 0 Å². The Balaban J connectivity index is 4.57. The third-order valence-electron chi connectivity index (χ3n) is 2.23. The number of hydrogen-bond acceptors (Lipinski definition) is 2. The highest BCUT2D eigenvalue weighted by molar-refractivity contribution is 5.89. The van der Waals surface area contributed by atoms with Crippen LogP contribution in [-0.4, -0.2) is 23.9 Å². The molecule has 0 fully saturated rings. The number of ketones is 1. The van der Waals surface area contributed by atoms with Crippen molar-refractivity contribution in [1.82, 2.24) is 10.6 Å². The molecule has 0 saturated carbocycles. The highest BCUT2D eigenvalue weighted by Crippen LogP contribution is 2.20. The Morgan fingerprint density at radius 1 is 1.12 bits per heavy atom. The van der Waals surface area contributed by atoms with Gasteiger partial charge in [-0.15, -0.1) is 0 Å². The molecule has 0 aromatic heterocycles. The molecule has 0 aliphatic heterocycles. The van der Waals surface area contributed by atoms with E-state index in [9.17, 15) is 9.59 Å². The Morgan fingerprint density at radius 3 is 1.94 bits per heavy atom. The number of Topliss-reactive ketones (excluding diaryl/α,β-unsaturated/α-hetero) is 1. The number of rotatable bonds is 4. The van der Waals surface area contributed by atoms with Gasteiger partial charge in [-0.25, -0.2) is 4.79 Å². The highest BCUT2D eigenvalue weighted by atomic mass is 16.2. The number of urea groups is 1. The quantitative estimate of drug-likeness (QED) is 0.774. The molecular formula is C12H24N2O2. The summed E-state index contributed by atoms with van der Waals surface area (Å²) >= 11 is 0. The highest BCUT2D eigenvalue weighted by Gasteiger charge is 2.31. The first kappa shape index (κ1) is 14.9. The van der Waals surface area contributed by atoms with Crippen LogP contribution in [0.3, 0.4) is 0 Å². The zero-order valence-electron chi connectivity index (χ0n) is 11.2. The van der Waals surface area contributed by atoms with Crippen LogP contribution in [0.2, 0.25) is 0 Å². The van der Waals surface area contributed by atoms with Crippen molar-refractivity contribution in [3.05, 3.63) is 0 Å². The lowest BCUT2D eigenvalue weighted by atomic mass is 9.83. The van der Waals surface area contributed by atoms with Crippen LogP contribution in [0.15, 0.2) is 0 Å². The fourth-order valence-corrected chi connectivity index (χ4v) is 1.42. The summed E-state index contributed by atoms with van der Waals surface area (Å²) in [4.78, 5) is 23.3. The molecule has 0 radical (unpaired) electrons. The molecule has 94 valence electrons. The predicted octanol–water partition coefficient (Wildman–Crippen LogP) is 2.09. The third-order valence-corrected chi connectivity index (χ3v) is 2.23. The summed E-state index contributed by atoms with van der Waals surface area (Å²) < 4.78 is 0. The van der Waals surface area contributed by atoms with Gasteiger partial charge in [-0.1, -0.05) is 27.7 Å². The third kappa shape index (κ3) is 5.14. The molecule has 0 saturated heterocycles. The lowest BCUT2D eigenvalue weighted by molar-refractivity contribution is -0.122. The molecule has 0 spiro atoms. The minimum atomic E-state index is -0.434. The van der Waals surface area contributed by atoms with Crippen molar-refractivity contribution in [2.45, 2.75) is 60.0 Å². The summed E-state index contributed by atoms with van der Waals surface area (Å²) in [6.07, 6.45) is 0.434. The molecule has 4 heteroatoms. The van der Waals surface area contributed by atoms with E-state index in [4.69, 9.17) is 0 Å². The maximum absolute atomic E-state index is 11.7. The van der Waals surface area contributed by atoms with Crippen molar-refractivity contribution in [1.29, 1.82) is 0 Å². The van der Waals surface area contributed by atoms with Gasteiger partial charge >= 0.3 is 6.03 Å². The summed E-state index contributed by atoms with van der Waals surface area (Å²) in [6.45, 7) is 11.4. The monoisotopic (exact) mass is 228 g/mol. The van der Waals surface area contributed by atoms with Gasteiger partial charge in [0.2, 0.25) is 0 Å². The van der Waals surface area contributed by atoms with Crippen LogP contribution < -0.4 is 10.6 Å². The minimum Gasteiger partial charge on any atom is -0.336 e. The molecule has 2 amide bonds. The molecule has 0 aliphatic carbocycles. The second-order valence-electron chi connectivity index (χ2n) is 5.39. The maximum atomic E-state index is 11.7. The maximum Gasteiger partial charge on any atom is 0.315 e. The van der Waals surface area contributed by atoms with E-state index < -0.39 is 6.04 Å². The second kappa shape index (κ2) is 5.87. The molecule has 4 nitrogen and oxygen atoms in total. The summed E-state index contributed by atoms with van der Waals surface area (Å²) in [6, 6.07) is -0.648. The minimum absolute atomic E-state index is 0.0615. The van der Waals surface area contributed by atoms with E-state index in [1.54, 1.807) is 0 Å². The van der Waals surface area contributed by atoms with Crippen LogP contribution in [0.1, 0.15) is 48.0 Å². The standard InChI is InChI=1S/C12H24N2O2/c1-7-9(15)10(12(4,5)6)14-11(16)13-8(2)3/h8,10H,7H2,1-6H3,(H2,13,14,16). The number of carbonyl (C=O) groups excluding carboxylic acids is 2. The average molecular weight is 228 g/mol. The molecule has 1 atom stereocenters. The number of carbonyl (C=O) groups is 2. The first-order chi connectivity index (χ1) is 7.18. The normalized spacial score (nSPS) is 13.4. The topological polar surface area (TPSA) is 58.2 Å². The van der Waals surface area contributed by atoms with E-state index in [0.717, 1.165) is 0 Å². The molecule has 0 rings (SSSR count). The summed E-state index contributed by atoms with van der Waals surface area (Å²) in [5.74, 6) is 0.0615. The van der Waals surface area contributed by atoms with Crippen LogP contribution in [0, 0.1) is 5.41 Å². The second-order valence-corrected chi connectivity index (χ2v) is 5.39. The first-order valence-corrected chi connectivity index (χ1v) is 5.78. The van der Waals surface area contributed by atoms with E-state index >= 15 is 0 Å². The van der Waals surface area contributed by atoms with Crippen LogP contribution in [0.4, 0.5) is 4.79 Å². The number of nitrogens with one attached hydrogen (secondary N) is 2. The van der Waals surface area contributed by atoms with Gasteiger partial charge in [0.25, 0.3) is 0 Å². The van der Waals surface area contributed by atoms with Gasteiger partial charge in [0, 0.05) is 12.5 Å². The largest absolute Gasteiger partial charge is 0.336 e. The van der Waals surface area contributed by atoms with Crippen molar-refractivity contribution in [2.24, 2.45) is 5.41 Å². The van der Waals surface area contributed by atoms with Gasteiger partial charge in [-0.2, -0.15) is 0 Å². The Morgan fingerprint density at radius 2 is 1.62 bits per heavy atom. The van der Waals surface area contributed by atoms with Gasteiger partial charge < -0.3 is 10.6 Å². The van der Waals surface area contributed by atoms with Gasteiger partial charge in [0.05, 0.1) is 6.04 Å². The fraction of sp³-hybridized carbons (Fsp3) is 0.833. The van der Waals surface area contributed by atoms with Crippen molar-refractivity contribution >= 4 is 11.8 Å². The van der Waals surface area contributed by atoms with Gasteiger partial charge in [0.15, 0.2) is 5.78 Å². The zero-order valence-corrected chi connectivity index (χ0v) is 11.2. The van der Waals surface area contributed by atoms with Gasteiger partial charge in [-0.05, 0) is 19.3 Å². The molecule has 0 bridgehead atoms. The Hall–Kier alpha value is -1.06. The number of hydrogen-bond donors (Lipinski definition) is 2. The lowest BCUT2D eigenvalue weighted by Crippen LogP contribution is -2.53. The average Bonchev–Trinajstić information content (AvgIpc) is 2.10. The van der Waals surface area contributed by atoms with Crippen LogP contribution in [0.5, 0.6) is 0 Å². The van der Waals surface area contributed by atoms with Crippen LogP contribution in [0.25, 0.3) is 0 Å². The van der Waals surface area contributed by atoms with Crippen LogP contribution >= 0.6 is 0 Å². The molecule has 0 aromatic carbocycles. The van der Waals surface area contributed by atoms with Gasteiger partial charge in [0.1, 0.15) is 0 Å². The SMILES string of the molecule is CCC(=O)C(NC(=O)NC(C)C)C(C)(C)C. The van der Waals surface area contributed by atoms with E-state index in [1.165, 1.54) is 0 Å². The molecule has 0 aromatic rings. The Kier molecular flexibility index (Phi) is 5.48. The van der Waals surface area contributed by atoms with Crippen LogP contribution in [-0.2, 0) is 4.79 Å². The van der Waals surface area contributed by atoms with Crippen molar-refractivity contribution < 1.29 is 9.59 Å². The molecule has 0 heterocycles. The Labute approximate surface area is 98.2 Å². The van der Waals surface area contributed by atoms with Crippen molar-refractivity contribution in [2.75, 3.05) is 0 Å². The zero-order chi connectivity index (χ0) is 12.9. The van der Waals surface area contributed by atoms with E-state index in [0.29, 0.717) is 6.42 Å². The molecular weight excluding hydrogens is 204 g/mol. The summed E-state index contributed by atoms with van der Waals surface area (Å²) in [5.41, 5.74) is -0.262. The fourth-order valence-electron chi connectivity index (χ4n) is 1.42. The summed E-state index contributed by atoms with van der Waals surface area (Å²) in [7, 11) is 0. The van der Waals surface area contributed by atoms with E-state index in [2.05, 4.69) is 10.6 Å². The molecule has 16 heavy (non-hydrogen) atoms. The Bertz CT molecular complexity index is 254. The van der Waals surface area contributed by atoms with Crippen molar-refractivity contribution in [3.8, 4) is 0 Å². The van der Waals surface area contributed by atoms with Gasteiger partial charge in [-0.3, -0.25) is 4.79 Å².